The number of carbonyl (C=O) groups excluding carboxylic acids is 1. The lowest BCUT2D eigenvalue weighted by Gasteiger charge is -2.00. The van der Waals surface area contributed by atoms with Crippen molar-refractivity contribution in [2.75, 3.05) is 13.2 Å². The zero-order valence-corrected chi connectivity index (χ0v) is 17.1. The molecular formula is C24H39NO2. The van der Waals surface area contributed by atoms with Crippen molar-refractivity contribution < 1.29 is 9.90 Å². The van der Waals surface area contributed by atoms with E-state index in [0.717, 1.165) is 6.42 Å². The van der Waals surface area contributed by atoms with Gasteiger partial charge in [0, 0.05) is 12.6 Å². The summed E-state index contributed by atoms with van der Waals surface area (Å²) < 4.78 is 0. The molecule has 0 atom stereocenters. The highest BCUT2D eigenvalue weighted by Crippen LogP contribution is 2.10. The molecule has 2 N–H and O–H groups in total. The second-order valence-electron chi connectivity index (χ2n) is 6.57. The van der Waals surface area contributed by atoms with Gasteiger partial charge in [0.05, 0.1) is 6.61 Å². The maximum absolute atomic E-state index is 11.2. The number of hydrogen-bond donors (Lipinski definition) is 2. The Balaban J connectivity index is 3.53. The van der Waals surface area contributed by atoms with Crippen LogP contribution in [-0.2, 0) is 4.79 Å². The van der Waals surface area contributed by atoms with Crippen LogP contribution in [0, 0.1) is 0 Å². The minimum Gasteiger partial charge on any atom is -0.395 e. The highest BCUT2D eigenvalue weighted by Gasteiger charge is 1.91. The third kappa shape index (κ3) is 22.1. The molecule has 0 spiro atoms. The van der Waals surface area contributed by atoms with Crippen molar-refractivity contribution in [1.82, 2.24) is 5.32 Å². The summed E-state index contributed by atoms with van der Waals surface area (Å²) in [6.45, 7) is 2.50. The van der Waals surface area contributed by atoms with E-state index in [2.05, 4.69) is 24.4 Å². The molecule has 0 aromatic carbocycles. The Kier molecular flexibility index (Phi) is 20.6. The molecule has 0 saturated carbocycles. The maximum Gasteiger partial charge on any atom is 0.244 e. The molecule has 27 heavy (non-hydrogen) atoms. The molecule has 0 rings (SSSR count). The molecule has 0 heterocycles. The molecule has 0 aliphatic heterocycles. The van der Waals surface area contributed by atoms with Crippen LogP contribution < -0.4 is 5.32 Å². The number of carbonyl (C=O) groups is 1. The van der Waals surface area contributed by atoms with Crippen molar-refractivity contribution >= 4 is 5.91 Å². The maximum atomic E-state index is 11.2. The molecular weight excluding hydrogens is 334 g/mol. The second kappa shape index (κ2) is 22.2. The van der Waals surface area contributed by atoms with Crippen LogP contribution in [0.3, 0.4) is 0 Å². The molecule has 3 heteroatoms. The quantitative estimate of drug-likeness (QED) is 0.192. The van der Waals surface area contributed by atoms with E-state index >= 15 is 0 Å². The van der Waals surface area contributed by atoms with Gasteiger partial charge in [-0.3, -0.25) is 4.79 Å². The highest BCUT2D eigenvalue weighted by molar-refractivity contribution is 5.87. The van der Waals surface area contributed by atoms with Gasteiger partial charge in [-0.05, 0) is 12.8 Å². The summed E-state index contributed by atoms with van der Waals surface area (Å²) in [6.07, 6.45) is 32.5. The molecule has 0 aliphatic carbocycles. The minimum absolute atomic E-state index is 0.0435. The van der Waals surface area contributed by atoms with Gasteiger partial charge >= 0.3 is 0 Å². The Morgan fingerprint density at radius 3 is 1.85 bits per heavy atom. The summed E-state index contributed by atoms with van der Waals surface area (Å²) in [5, 5.41) is 11.1. The summed E-state index contributed by atoms with van der Waals surface area (Å²) in [6, 6.07) is 0. The number of rotatable bonds is 17. The lowest BCUT2D eigenvalue weighted by Crippen LogP contribution is -2.24. The SMILES string of the molecule is CCCCCCCCCCCC=CC=CC=CC=CC=CC(=O)NCCO. The molecule has 0 unspecified atom stereocenters. The Bertz CT molecular complexity index is 473. The molecule has 0 saturated heterocycles. The van der Waals surface area contributed by atoms with E-state index in [4.69, 9.17) is 5.11 Å². The fraction of sp³-hybridized carbons (Fsp3) is 0.542. The van der Waals surface area contributed by atoms with Crippen molar-refractivity contribution in [2.24, 2.45) is 0 Å². The Labute approximate surface area is 166 Å². The predicted molar refractivity (Wildman–Crippen MR) is 118 cm³/mol. The van der Waals surface area contributed by atoms with Gasteiger partial charge in [0.1, 0.15) is 0 Å². The van der Waals surface area contributed by atoms with Gasteiger partial charge in [-0.2, -0.15) is 0 Å². The molecule has 0 aliphatic rings. The molecule has 1 amide bonds. The molecule has 3 nitrogen and oxygen atoms in total. The van der Waals surface area contributed by atoms with Crippen molar-refractivity contribution in [3.05, 3.63) is 60.8 Å². The Hall–Kier alpha value is -1.87. The number of allylic oxidation sites excluding steroid dienone is 9. The van der Waals surface area contributed by atoms with Crippen LogP contribution in [0.25, 0.3) is 0 Å². The standard InChI is InChI=1S/C24H39NO2/c1-2-3-4-5-6-7-8-9-10-11-12-13-14-15-16-17-18-19-20-21-24(27)25-22-23-26/h12-21,26H,2-11,22-23H2,1H3,(H,25,27). The average molecular weight is 374 g/mol. The van der Waals surface area contributed by atoms with Crippen LogP contribution in [0.5, 0.6) is 0 Å². The second-order valence-corrected chi connectivity index (χ2v) is 6.57. The van der Waals surface area contributed by atoms with Gasteiger partial charge in [0.2, 0.25) is 5.91 Å². The zero-order valence-electron chi connectivity index (χ0n) is 17.1. The summed E-state index contributed by atoms with van der Waals surface area (Å²) in [5.74, 6) is -0.199. The first kappa shape index (κ1) is 25.1. The van der Waals surface area contributed by atoms with Crippen molar-refractivity contribution in [1.29, 1.82) is 0 Å². The third-order valence-electron chi connectivity index (χ3n) is 4.05. The molecule has 152 valence electrons. The zero-order chi connectivity index (χ0) is 19.8. The largest absolute Gasteiger partial charge is 0.395 e. The topological polar surface area (TPSA) is 49.3 Å². The van der Waals surface area contributed by atoms with E-state index in [1.807, 2.05) is 30.4 Å². The van der Waals surface area contributed by atoms with Crippen LogP contribution in [0.1, 0.15) is 71.1 Å². The van der Waals surface area contributed by atoms with Gasteiger partial charge in [0.25, 0.3) is 0 Å². The highest BCUT2D eigenvalue weighted by atomic mass is 16.3. The number of nitrogens with one attached hydrogen (secondary N) is 1. The predicted octanol–water partition coefficient (Wildman–Crippen LogP) is 5.80. The first-order valence-corrected chi connectivity index (χ1v) is 10.5. The van der Waals surface area contributed by atoms with Crippen LogP contribution in [0.15, 0.2) is 60.8 Å². The number of hydrogen-bond acceptors (Lipinski definition) is 2. The monoisotopic (exact) mass is 373 g/mol. The van der Waals surface area contributed by atoms with Crippen LogP contribution in [-0.4, -0.2) is 24.2 Å². The van der Waals surface area contributed by atoms with Crippen molar-refractivity contribution in [2.45, 2.75) is 71.1 Å². The van der Waals surface area contributed by atoms with E-state index in [1.165, 1.54) is 63.9 Å². The summed E-state index contributed by atoms with van der Waals surface area (Å²) in [5.41, 5.74) is 0. The lowest BCUT2D eigenvalue weighted by molar-refractivity contribution is -0.116. The molecule has 0 radical (unpaired) electrons. The first-order chi connectivity index (χ1) is 13.3. The normalized spacial score (nSPS) is 12.5. The Morgan fingerprint density at radius 1 is 0.741 bits per heavy atom. The summed E-state index contributed by atoms with van der Waals surface area (Å²) in [4.78, 5) is 11.2. The van der Waals surface area contributed by atoms with Crippen molar-refractivity contribution in [3.8, 4) is 0 Å². The lowest BCUT2D eigenvalue weighted by atomic mass is 10.1. The fourth-order valence-electron chi connectivity index (χ4n) is 2.51. The van der Waals surface area contributed by atoms with E-state index in [1.54, 1.807) is 12.2 Å². The van der Waals surface area contributed by atoms with Crippen LogP contribution in [0.2, 0.25) is 0 Å². The summed E-state index contributed by atoms with van der Waals surface area (Å²) in [7, 11) is 0. The van der Waals surface area contributed by atoms with E-state index in [-0.39, 0.29) is 19.1 Å². The van der Waals surface area contributed by atoms with Gasteiger partial charge in [-0.1, -0.05) is 113 Å². The molecule has 0 aromatic rings. The third-order valence-corrected chi connectivity index (χ3v) is 4.05. The van der Waals surface area contributed by atoms with E-state index < -0.39 is 0 Å². The molecule has 0 aromatic heterocycles. The molecule has 0 fully saturated rings. The number of aliphatic hydroxyl groups excluding tert-OH is 1. The smallest absolute Gasteiger partial charge is 0.244 e. The average Bonchev–Trinajstić information content (AvgIpc) is 2.68. The van der Waals surface area contributed by atoms with Gasteiger partial charge in [-0.25, -0.2) is 0 Å². The fourth-order valence-corrected chi connectivity index (χ4v) is 2.51. The van der Waals surface area contributed by atoms with E-state index in [0.29, 0.717) is 0 Å². The summed E-state index contributed by atoms with van der Waals surface area (Å²) >= 11 is 0. The van der Waals surface area contributed by atoms with Crippen molar-refractivity contribution in [3.63, 3.8) is 0 Å². The van der Waals surface area contributed by atoms with Gasteiger partial charge in [0.15, 0.2) is 0 Å². The molecule has 0 bridgehead atoms. The van der Waals surface area contributed by atoms with Crippen LogP contribution >= 0.6 is 0 Å². The van der Waals surface area contributed by atoms with E-state index in [9.17, 15) is 4.79 Å². The minimum atomic E-state index is -0.199. The number of unbranched alkanes of at least 4 members (excludes halogenated alkanes) is 9. The van der Waals surface area contributed by atoms with Crippen LogP contribution in [0.4, 0.5) is 0 Å². The van der Waals surface area contributed by atoms with Gasteiger partial charge in [-0.15, -0.1) is 0 Å². The first-order valence-electron chi connectivity index (χ1n) is 10.5. The number of amides is 1. The Morgan fingerprint density at radius 2 is 1.26 bits per heavy atom. The van der Waals surface area contributed by atoms with Gasteiger partial charge < -0.3 is 10.4 Å². The number of aliphatic hydroxyl groups is 1.